The quantitative estimate of drug-likeness (QED) is 0.650. The maximum atomic E-state index is 10.6. The maximum Gasteiger partial charge on any atom is 0.287 e. The van der Waals surface area contributed by atoms with Crippen molar-refractivity contribution in [3.63, 3.8) is 0 Å². The molecule has 0 spiro atoms. The first-order valence-electron chi connectivity index (χ1n) is 5.60. The van der Waals surface area contributed by atoms with Crippen LogP contribution in [0.2, 0.25) is 0 Å². The highest BCUT2D eigenvalue weighted by atomic mass is 79.9. The Morgan fingerprint density at radius 3 is 2.89 bits per heavy atom. The molecule has 2 aromatic rings. The molecule has 2 heterocycles. The van der Waals surface area contributed by atoms with Gasteiger partial charge in [0.25, 0.3) is 5.69 Å². The topological polar surface area (TPSA) is 96.7 Å². The fourth-order valence-electron chi connectivity index (χ4n) is 1.63. The molecule has 0 saturated carbocycles. The maximum absolute atomic E-state index is 10.6. The predicted molar refractivity (Wildman–Crippen MR) is 74.1 cm³/mol. The van der Waals surface area contributed by atoms with Gasteiger partial charge in [0, 0.05) is 19.0 Å². The minimum atomic E-state index is -0.453. The van der Waals surface area contributed by atoms with Crippen LogP contribution in [0.1, 0.15) is 11.3 Å². The van der Waals surface area contributed by atoms with Gasteiger partial charge < -0.3 is 10.3 Å². The molecule has 0 aliphatic heterocycles. The van der Waals surface area contributed by atoms with Crippen LogP contribution in [-0.4, -0.2) is 26.4 Å². The van der Waals surface area contributed by atoms with E-state index in [9.17, 15) is 10.1 Å². The third-order valence-electron chi connectivity index (χ3n) is 2.61. The standard InChI is InChI=1S/C11H12BrN5O2/c1-7-4-8(17(18)19)5-14-11(7)13-3-2-9-10(12)16-6-15-9/h4-6H,2-3H2,1H3,(H,13,14)(H,15,16). The molecule has 19 heavy (non-hydrogen) atoms. The molecule has 0 aliphatic carbocycles. The Morgan fingerprint density at radius 1 is 1.53 bits per heavy atom. The van der Waals surface area contributed by atoms with Crippen molar-refractivity contribution >= 4 is 27.4 Å². The van der Waals surface area contributed by atoms with E-state index in [0.29, 0.717) is 12.4 Å². The van der Waals surface area contributed by atoms with Gasteiger partial charge in [-0.25, -0.2) is 9.97 Å². The number of nitrogens with zero attached hydrogens (tertiary/aromatic N) is 3. The average Bonchev–Trinajstić information content (AvgIpc) is 2.77. The van der Waals surface area contributed by atoms with Gasteiger partial charge in [-0.3, -0.25) is 10.1 Å². The predicted octanol–water partition coefficient (Wildman–Crippen LogP) is 2.44. The zero-order chi connectivity index (χ0) is 13.8. The van der Waals surface area contributed by atoms with Crippen LogP contribution in [0.25, 0.3) is 0 Å². The number of imidazole rings is 1. The van der Waals surface area contributed by atoms with Crippen molar-refractivity contribution in [2.75, 3.05) is 11.9 Å². The summed E-state index contributed by atoms with van der Waals surface area (Å²) in [5.74, 6) is 0.654. The molecule has 100 valence electrons. The van der Waals surface area contributed by atoms with Gasteiger partial charge in [0.1, 0.15) is 16.6 Å². The zero-order valence-corrected chi connectivity index (χ0v) is 11.8. The number of nitro groups is 1. The van der Waals surface area contributed by atoms with E-state index in [1.54, 1.807) is 13.3 Å². The summed E-state index contributed by atoms with van der Waals surface area (Å²) in [6, 6.07) is 1.50. The fourth-order valence-corrected chi connectivity index (χ4v) is 2.05. The van der Waals surface area contributed by atoms with Crippen molar-refractivity contribution in [2.24, 2.45) is 0 Å². The second kappa shape index (κ2) is 5.79. The number of halogens is 1. The lowest BCUT2D eigenvalue weighted by atomic mass is 10.2. The molecular formula is C11H12BrN5O2. The Bertz CT molecular complexity index is 599. The van der Waals surface area contributed by atoms with Gasteiger partial charge in [-0.15, -0.1) is 0 Å². The summed E-state index contributed by atoms with van der Waals surface area (Å²) in [4.78, 5) is 21.3. The molecular weight excluding hydrogens is 314 g/mol. The normalized spacial score (nSPS) is 10.4. The van der Waals surface area contributed by atoms with Crippen LogP contribution in [0, 0.1) is 17.0 Å². The number of aromatic amines is 1. The van der Waals surface area contributed by atoms with Crippen LogP contribution >= 0.6 is 15.9 Å². The molecule has 8 heteroatoms. The summed E-state index contributed by atoms with van der Waals surface area (Å²) in [6.07, 6.45) is 3.62. The Morgan fingerprint density at radius 2 is 2.32 bits per heavy atom. The van der Waals surface area contributed by atoms with Crippen molar-refractivity contribution in [3.8, 4) is 0 Å². The first-order chi connectivity index (χ1) is 9.08. The van der Waals surface area contributed by atoms with E-state index in [1.807, 2.05) is 0 Å². The van der Waals surface area contributed by atoms with Gasteiger partial charge in [-0.2, -0.15) is 0 Å². The molecule has 0 unspecified atom stereocenters. The van der Waals surface area contributed by atoms with Crippen LogP contribution in [0.4, 0.5) is 11.5 Å². The van der Waals surface area contributed by atoms with Gasteiger partial charge in [0.2, 0.25) is 0 Å². The Kier molecular flexibility index (Phi) is 4.10. The molecule has 7 nitrogen and oxygen atoms in total. The van der Waals surface area contributed by atoms with Gasteiger partial charge >= 0.3 is 0 Å². The Balaban J connectivity index is 1.96. The number of hydrogen-bond acceptors (Lipinski definition) is 5. The first-order valence-corrected chi connectivity index (χ1v) is 6.40. The van der Waals surface area contributed by atoms with E-state index < -0.39 is 4.92 Å². The van der Waals surface area contributed by atoms with Crippen LogP contribution < -0.4 is 5.32 Å². The van der Waals surface area contributed by atoms with Crippen LogP contribution in [0.3, 0.4) is 0 Å². The second-order valence-electron chi connectivity index (χ2n) is 3.96. The molecule has 2 aromatic heterocycles. The third-order valence-corrected chi connectivity index (χ3v) is 3.29. The van der Waals surface area contributed by atoms with Crippen molar-refractivity contribution < 1.29 is 4.92 Å². The Labute approximate surface area is 117 Å². The summed E-state index contributed by atoms with van der Waals surface area (Å²) >= 11 is 3.33. The van der Waals surface area contributed by atoms with Crippen molar-refractivity contribution in [3.05, 3.63) is 44.6 Å². The average molecular weight is 326 g/mol. The van der Waals surface area contributed by atoms with Gasteiger partial charge in [0.15, 0.2) is 0 Å². The molecule has 2 N–H and O–H groups in total. The highest BCUT2D eigenvalue weighted by Gasteiger charge is 2.09. The lowest BCUT2D eigenvalue weighted by Crippen LogP contribution is -2.08. The van der Waals surface area contributed by atoms with E-state index in [1.165, 1.54) is 12.3 Å². The highest BCUT2D eigenvalue weighted by Crippen LogP contribution is 2.18. The van der Waals surface area contributed by atoms with Crippen molar-refractivity contribution in [1.29, 1.82) is 0 Å². The largest absolute Gasteiger partial charge is 0.369 e. The number of nitrogens with one attached hydrogen (secondary N) is 2. The number of H-pyrrole nitrogens is 1. The molecule has 0 amide bonds. The van der Waals surface area contributed by atoms with Crippen LogP contribution in [-0.2, 0) is 6.42 Å². The van der Waals surface area contributed by atoms with E-state index in [4.69, 9.17) is 0 Å². The van der Waals surface area contributed by atoms with E-state index in [0.717, 1.165) is 22.3 Å². The highest BCUT2D eigenvalue weighted by molar-refractivity contribution is 9.10. The monoisotopic (exact) mass is 325 g/mol. The SMILES string of the molecule is Cc1cc([N+](=O)[O-])cnc1NCCc1[nH]cnc1Br. The lowest BCUT2D eigenvalue weighted by molar-refractivity contribution is -0.385. The number of aromatic nitrogens is 3. The van der Waals surface area contributed by atoms with Crippen LogP contribution in [0.5, 0.6) is 0 Å². The first kappa shape index (κ1) is 13.5. The number of aryl methyl sites for hydroxylation is 1. The number of anilines is 1. The molecule has 0 fully saturated rings. The molecule has 0 bridgehead atoms. The van der Waals surface area contributed by atoms with E-state index in [2.05, 4.69) is 36.2 Å². The van der Waals surface area contributed by atoms with Crippen molar-refractivity contribution in [1.82, 2.24) is 15.0 Å². The van der Waals surface area contributed by atoms with Crippen molar-refractivity contribution in [2.45, 2.75) is 13.3 Å². The minimum Gasteiger partial charge on any atom is -0.369 e. The second-order valence-corrected chi connectivity index (χ2v) is 4.72. The summed E-state index contributed by atoms with van der Waals surface area (Å²) in [7, 11) is 0. The van der Waals surface area contributed by atoms with E-state index >= 15 is 0 Å². The summed E-state index contributed by atoms with van der Waals surface area (Å²) in [6.45, 7) is 2.45. The summed E-state index contributed by atoms with van der Waals surface area (Å²) in [5, 5.41) is 13.7. The minimum absolute atomic E-state index is 0.000590. The fraction of sp³-hybridized carbons (Fsp3) is 0.273. The molecule has 0 aromatic carbocycles. The summed E-state index contributed by atoms with van der Waals surface area (Å²) < 4.78 is 0.794. The zero-order valence-electron chi connectivity index (χ0n) is 10.2. The number of rotatable bonds is 5. The van der Waals surface area contributed by atoms with E-state index in [-0.39, 0.29) is 5.69 Å². The Hall–Kier alpha value is -1.96. The third kappa shape index (κ3) is 3.28. The van der Waals surface area contributed by atoms with Gasteiger partial charge in [-0.1, -0.05) is 0 Å². The summed E-state index contributed by atoms with van der Waals surface area (Å²) in [5.41, 5.74) is 1.74. The molecule has 0 saturated heterocycles. The molecule has 0 radical (unpaired) electrons. The molecule has 0 aliphatic rings. The number of pyridine rings is 1. The smallest absolute Gasteiger partial charge is 0.287 e. The van der Waals surface area contributed by atoms with Gasteiger partial charge in [-0.05, 0) is 28.4 Å². The van der Waals surface area contributed by atoms with Gasteiger partial charge in [0.05, 0.1) is 16.9 Å². The number of hydrogen-bond donors (Lipinski definition) is 2. The molecule has 2 rings (SSSR count). The lowest BCUT2D eigenvalue weighted by Gasteiger charge is -2.07. The van der Waals surface area contributed by atoms with Crippen LogP contribution in [0.15, 0.2) is 23.2 Å². The molecule has 0 atom stereocenters.